The summed E-state index contributed by atoms with van der Waals surface area (Å²) in [6.45, 7) is 1.49. The Labute approximate surface area is 231 Å². The Morgan fingerprint density at radius 3 is 1.92 bits per heavy atom. The molecule has 3 aromatic carbocycles. The zero-order valence-corrected chi connectivity index (χ0v) is 23.3. The molecule has 0 amide bonds. The number of ether oxygens (including phenoxy) is 6. The lowest BCUT2D eigenvalue weighted by Gasteiger charge is -2.45. The molecule has 0 aromatic heterocycles. The maximum atomic E-state index is 6.46. The van der Waals surface area contributed by atoms with Gasteiger partial charge in [-0.05, 0) is 41.0 Å². The van der Waals surface area contributed by atoms with Crippen molar-refractivity contribution in [2.24, 2.45) is 0 Å². The molecule has 198 valence electrons. The molecule has 4 rings (SSSR count). The molecular formula is C29H32BrClO6. The summed E-state index contributed by atoms with van der Waals surface area (Å²) < 4.78 is 37.7. The van der Waals surface area contributed by atoms with Gasteiger partial charge in [-0.3, -0.25) is 0 Å². The molecule has 0 spiro atoms. The fourth-order valence-corrected chi connectivity index (χ4v) is 4.65. The van der Waals surface area contributed by atoms with E-state index in [9.17, 15) is 0 Å². The van der Waals surface area contributed by atoms with Gasteiger partial charge in [-0.2, -0.15) is 0 Å². The molecule has 6 nitrogen and oxygen atoms in total. The average molecular weight is 592 g/mol. The van der Waals surface area contributed by atoms with Gasteiger partial charge in [0, 0.05) is 23.7 Å². The molecular weight excluding hydrogens is 560 g/mol. The van der Waals surface area contributed by atoms with Gasteiger partial charge in [0.25, 0.3) is 0 Å². The van der Waals surface area contributed by atoms with Crippen molar-refractivity contribution in [3.63, 3.8) is 0 Å². The highest BCUT2D eigenvalue weighted by Gasteiger charge is 2.48. The van der Waals surface area contributed by atoms with Crippen molar-refractivity contribution in [1.82, 2.24) is 0 Å². The van der Waals surface area contributed by atoms with Crippen molar-refractivity contribution in [3.05, 3.63) is 105 Å². The molecule has 0 unspecified atom stereocenters. The summed E-state index contributed by atoms with van der Waals surface area (Å²) in [4.78, 5) is 0. The Balaban J connectivity index is 1.52. The first-order valence-electron chi connectivity index (χ1n) is 12.1. The van der Waals surface area contributed by atoms with Crippen LogP contribution in [0.4, 0.5) is 0 Å². The van der Waals surface area contributed by atoms with Gasteiger partial charge < -0.3 is 28.4 Å². The fraction of sp³-hybridized carbons (Fsp3) is 0.379. The van der Waals surface area contributed by atoms with E-state index in [-0.39, 0.29) is 0 Å². The quantitative estimate of drug-likeness (QED) is 0.251. The molecule has 1 aliphatic rings. The number of halogens is 2. The molecule has 1 heterocycles. The van der Waals surface area contributed by atoms with E-state index in [1.165, 1.54) is 0 Å². The molecule has 5 atom stereocenters. The fourth-order valence-electron chi connectivity index (χ4n) is 4.25. The molecule has 3 aromatic rings. The standard InChI is InChI=1S/C29H32BrClO6/c1-32-28-27(36-18-21-8-12-23(30)13-9-21)26(35-17-22-10-14-24(31)15-11-22)25(37-29(28)33-2)19-34-16-20-6-4-3-5-7-20/h3-15,25-29H,16-19H2,1-2H3/t25-,26-,27+,28-,29+/m1/s1. The molecule has 0 bridgehead atoms. The van der Waals surface area contributed by atoms with Crippen LogP contribution in [0.25, 0.3) is 0 Å². The largest absolute Gasteiger partial charge is 0.374 e. The third kappa shape index (κ3) is 8.09. The first kappa shape index (κ1) is 28.2. The van der Waals surface area contributed by atoms with Crippen molar-refractivity contribution in [2.75, 3.05) is 20.8 Å². The summed E-state index contributed by atoms with van der Waals surface area (Å²) >= 11 is 9.54. The number of hydrogen-bond acceptors (Lipinski definition) is 6. The second-order valence-electron chi connectivity index (χ2n) is 8.78. The third-order valence-corrected chi connectivity index (χ3v) is 6.98. The lowest BCUT2D eigenvalue weighted by molar-refractivity contribution is -0.317. The second-order valence-corrected chi connectivity index (χ2v) is 10.1. The molecule has 0 saturated carbocycles. The van der Waals surface area contributed by atoms with Crippen molar-refractivity contribution in [3.8, 4) is 0 Å². The lowest BCUT2D eigenvalue weighted by Crippen LogP contribution is -2.61. The van der Waals surface area contributed by atoms with Gasteiger partial charge in [0.1, 0.15) is 24.4 Å². The lowest BCUT2D eigenvalue weighted by atomic mass is 9.98. The average Bonchev–Trinajstić information content (AvgIpc) is 2.93. The van der Waals surface area contributed by atoms with Gasteiger partial charge in [-0.25, -0.2) is 0 Å². The summed E-state index contributed by atoms with van der Waals surface area (Å²) in [6, 6.07) is 25.6. The van der Waals surface area contributed by atoms with Gasteiger partial charge in [0.15, 0.2) is 6.29 Å². The van der Waals surface area contributed by atoms with Gasteiger partial charge in [0.05, 0.1) is 26.4 Å². The molecule has 1 aliphatic heterocycles. The van der Waals surface area contributed by atoms with E-state index in [2.05, 4.69) is 15.9 Å². The van der Waals surface area contributed by atoms with E-state index in [0.29, 0.717) is 31.5 Å². The van der Waals surface area contributed by atoms with Crippen LogP contribution in [-0.4, -0.2) is 51.5 Å². The minimum Gasteiger partial charge on any atom is -0.374 e. The molecule has 1 saturated heterocycles. The van der Waals surface area contributed by atoms with E-state index in [1.54, 1.807) is 14.2 Å². The first-order valence-corrected chi connectivity index (χ1v) is 13.3. The van der Waals surface area contributed by atoms with Crippen LogP contribution in [-0.2, 0) is 48.2 Å². The molecule has 37 heavy (non-hydrogen) atoms. The minimum absolute atomic E-state index is 0.300. The number of hydrogen-bond donors (Lipinski definition) is 0. The Kier molecular flexibility index (Phi) is 11.0. The highest BCUT2D eigenvalue weighted by Crippen LogP contribution is 2.30. The Bertz CT molecular complexity index is 1070. The first-order chi connectivity index (χ1) is 18.1. The third-order valence-electron chi connectivity index (χ3n) is 6.20. The van der Waals surface area contributed by atoms with Crippen LogP contribution in [0.3, 0.4) is 0 Å². The summed E-state index contributed by atoms with van der Waals surface area (Å²) in [5, 5.41) is 0.676. The SMILES string of the molecule is CO[C@H]1O[C@H](COCc2ccccc2)[C@@H](OCc2ccc(Cl)cc2)[C@H](OCc2ccc(Br)cc2)[C@H]1OC. The smallest absolute Gasteiger partial charge is 0.186 e. The normalized spacial score (nSPS) is 23.7. The monoisotopic (exact) mass is 590 g/mol. The van der Waals surface area contributed by atoms with Crippen LogP contribution in [0.1, 0.15) is 16.7 Å². The van der Waals surface area contributed by atoms with Crippen molar-refractivity contribution in [2.45, 2.75) is 50.5 Å². The number of rotatable bonds is 12. The zero-order chi connectivity index (χ0) is 26.0. The van der Waals surface area contributed by atoms with Gasteiger partial charge in [-0.1, -0.05) is 82.1 Å². The zero-order valence-electron chi connectivity index (χ0n) is 20.9. The highest BCUT2D eigenvalue weighted by atomic mass is 79.9. The maximum Gasteiger partial charge on any atom is 0.186 e. The topological polar surface area (TPSA) is 55.4 Å². The minimum atomic E-state index is -0.638. The van der Waals surface area contributed by atoms with Crippen LogP contribution < -0.4 is 0 Å². The molecule has 0 radical (unpaired) electrons. The van der Waals surface area contributed by atoms with Gasteiger partial charge >= 0.3 is 0 Å². The van der Waals surface area contributed by atoms with Crippen LogP contribution in [0.15, 0.2) is 83.3 Å². The molecule has 0 aliphatic carbocycles. The second kappa shape index (κ2) is 14.4. The number of methoxy groups -OCH3 is 2. The van der Waals surface area contributed by atoms with Crippen molar-refractivity contribution >= 4 is 27.5 Å². The Hall–Kier alpha value is -1.81. The molecule has 8 heteroatoms. The van der Waals surface area contributed by atoms with Crippen LogP contribution in [0, 0.1) is 0 Å². The van der Waals surface area contributed by atoms with Gasteiger partial charge in [-0.15, -0.1) is 0 Å². The Morgan fingerprint density at radius 1 is 0.703 bits per heavy atom. The van der Waals surface area contributed by atoms with E-state index in [4.69, 9.17) is 40.0 Å². The summed E-state index contributed by atoms with van der Waals surface area (Å²) in [5.41, 5.74) is 3.10. The van der Waals surface area contributed by atoms with Crippen LogP contribution >= 0.6 is 27.5 Å². The van der Waals surface area contributed by atoms with E-state index in [0.717, 1.165) is 21.2 Å². The predicted molar refractivity (Wildman–Crippen MR) is 145 cm³/mol. The maximum absolute atomic E-state index is 6.46. The molecule has 0 N–H and O–H groups in total. The van der Waals surface area contributed by atoms with Gasteiger partial charge in [0.2, 0.25) is 0 Å². The highest BCUT2D eigenvalue weighted by molar-refractivity contribution is 9.10. The van der Waals surface area contributed by atoms with Crippen LogP contribution in [0.2, 0.25) is 5.02 Å². The van der Waals surface area contributed by atoms with Crippen LogP contribution in [0.5, 0.6) is 0 Å². The van der Waals surface area contributed by atoms with Crippen molar-refractivity contribution in [1.29, 1.82) is 0 Å². The van der Waals surface area contributed by atoms with E-state index in [1.807, 2.05) is 78.9 Å². The summed E-state index contributed by atoms with van der Waals surface area (Å²) in [7, 11) is 3.22. The summed E-state index contributed by atoms with van der Waals surface area (Å²) in [6.07, 6.45) is -2.52. The molecule has 1 fully saturated rings. The Morgan fingerprint density at radius 2 is 1.30 bits per heavy atom. The summed E-state index contributed by atoms with van der Waals surface area (Å²) in [5.74, 6) is 0. The van der Waals surface area contributed by atoms with Crippen molar-refractivity contribution < 1.29 is 28.4 Å². The van der Waals surface area contributed by atoms with E-state index < -0.39 is 30.7 Å². The number of benzene rings is 3. The van der Waals surface area contributed by atoms with E-state index >= 15 is 0 Å². The predicted octanol–water partition coefficient (Wildman–Crippen LogP) is 6.18.